The lowest BCUT2D eigenvalue weighted by atomic mass is 10.2. The Kier molecular flexibility index (Phi) is 6.02. The van der Waals surface area contributed by atoms with E-state index in [1.165, 1.54) is 12.1 Å². The Hall–Kier alpha value is -2.13. The van der Waals surface area contributed by atoms with Crippen molar-refractivity contribution in [3.63, 3.8) is 0 Å². The van der Waals surface area contributed by atoms with Gasteiger partial charge < -0.3 is 14.2 Å². The standard InChI is InChI=1S/C21H25ClN4O3S/c1-3-26-20-9-6-17(25-10-12-29-13-11-25)14-19(20)23-21(26)15(2)24-30(27,28)18-7-4-16(22)5-8-18/h4-9,14-15,24H,3,10-13H2,1-2H3/t15-/m1/s1. The van der Waals surface area contributed by atoms with Crippen LogP contribution in [0.3, 0.4) is 0 Å². The highest BCUT2D eigenvalue weighted by atomic mass is 35.5. The summed E-state index contributed by atoms with van der Waals surface area (Å²) >= 11 is 5.88. The first-order valence-electron chi connectivity index (χ1n) is 10.00. The van der Waals surface area contributed by atoms with Gasteiger partial charge in [0.05, 0.1) is 35.2 Å². The summed E-state index contributed by atoms with van der Waals surface area (Å²) in [5.41, 5.74) is 2.95. The summed E-state index contributed by atoms with van der Waals surface area (Å²) in [7, 11) is -3.70. The van der Waals surface area contributed by atoms with E-state index in [1.54, 1.807) is 12.1 Å². The number of hydrogen-bond donors (Lipinski definition) is 1. The number of imidazole rings is 1. The van der Waals surface area contributed by atoms with Crippen molar-refractivity contribution in [3.8, 4) is 0 Å². The van der Waals surface area contributed by atoms with Crippen molar-refractivity contribution >= 4 is 38.3 Å². The van der Waals surface area contributed by atoms with E-state index >= 15 is 0 Å². The van der Waals surface area contributed by atoms with Crippen LogP contribution >= 0.6 is 11.6 Å². The molecule has 30 heavy (non-hydrogen) atoms. The molecule has 1 aromatic heterocycles. The largest absolute Gasteiger partial charge is 0.378 e. The molecule has 9 heteroatoms. The number of fused-ring (bicyclic) bond motifs is 1. The predicted octanol–water partition coefficient (Wildman–Crippen LogP) is 3.59. The number of hydrogen-bond acceptors (Lipinski definition) is 5. The first-order valence-corrected chi connectivity index (χ1v) is 11.9. The fraction of sp³-hybridized carbons (Fsp3) is 0.381. The highest BCUT2D eigenvalue weighted by Crippen LogP contribution is 2.27. The summed E-state index contributed by atoms with van der Waals surface area (Å²) in [4.78, 5) is 7.24. The molecule has 0 spiro atoms. The molecule has 7 nitrogen and oxygen atoms in total. The van der Waals surface area contributed by atoms with E-state index in [9.17, 15) is 8.42 Å². The third-order valence-corrected chi connectivity index (χ3v) is 7.11. The van der Waals surface area contributed by atoms with Crippen molar-refractivity contribution in [2.24, 2.45) is 0 Å². The van der Waals surface area contributed by atoms with Gasteiger partial charge in [0.2, 0.25) is 10.0 Å². The maximum Gasteiger partial charge on any atom is 0.241 e. The molecule has 0 radical (unpaired) electrons. The Balaban J connectivity index is 1.64. The van der Waals surface area contributed by atoms with Gasteiger partial charge in [0, 0.05) is 30.3 Å². The number of halogens is 1. The number of aryl methyl sites for hydroxylation is 1. The molecule has 1 fully saturated rings. The number of nitrogens with zero attached hydrogens (tertiary/aromatic N) is 3. The predicted molar refractivity (Wildman–Crippen MR) is 119 cm³/mol. The molecule has 0 saturated carbocycles. The van der Waals surface area contributed by atoms with Crippen molar-refractivity contribution < 1.29 is 13.2 Å². The van der Waals surface area contributed by atoms with Crippen LogP contribution in [0.4, 0.5) is 5.69 Å². The zero-order chi connectivity index (χ0) is 21.3. The minimum absolute atomic E-state index is 0.174. The van der Waals surface area contributed by atoms with Gasteiger partial charge in [0.15, 0.2) is 0 Å². The van der Waals surface area contributed by atoms with Crippen LogP contribution in [-0.4, -0.2) is 44.3 Å². The molecule has 3 aromatic rings. The molecule has 0 unspecified atom stereocenters. The van der Waals surface area contributed by atoms with Gasteiger partial charge in [0.1, 0.15) is 5.82 Å². The lowest BCUT2D eigenvalue weighted by molar-refractivity contribution is 0.122. The number of anilines is 1. The molecule has 2 heterocycles. The number of sulfonamides is 1. The fourth-order valence-electron chi connectivity index (χ4n) is 3.79. The minimum Gasteiger partial charge on any atom is -0.378 e. The van der Waals surface area contributed by atoms with Gasteiger partial charge in [0.25, 0.3) is 0 Å². The average Bonchev–Trinajstić information content (AvgIpc) is 3.12. The summed E-state index contributed by atoms with van der Waals surface area (Å²) in [6.45, 7) is 7.67. The Morgan fingerprint density at radius 2 is 1.87 bits per heavy atom. The molecule has 1 aliphatic heterocycles. The van der Waals surface area contributed by atoms with Gasteiger partial charge in [-0.2, -0.15) is 0 Å². The summed E-state index contributed by atoms with van der Waals surface area (Å²) < 4.78 is 35.8. The van der Waals surface area contributed by atoms with Crippen molar-refractivity contribution in [3.05, 3.63) is 53.3 Å². The second-order valence-electron chi connectivity index (χ2n) is 7.28. The molecule has 1 aliphatic rings. The summed E-state index contributed by atoms with van der Waals surface area (Å²) in [5.74, 6) is 0.684. The van der Waals surface area contributed by atoms with Gasteiger partial charge >= 0.3 is 0 Å². The van der Waals surface area contributed by atoms with Crippen LogP contribution in [0.1, 0.15) is 25.7 Å². The number of ether oxygens (including phenoxy) is 1. The quantitative estimate of drug-likeness (QED) is 0.623. The first kappa shape index (κ1) is 21.1. The summed E-state index contributed by atoms with van der Waals surface area (Å²) in [5, 5.41) is 0.492. The number of nitrogens with one attached hydrogen (secondary N) is 1. The topological polar surface area (TPSA) is 76.5 Å². The summed E-state index contributed by atoms with van der Waals surface area (Å²) in [6, 6.07) is 11.8. The van der Waals surface area contributed by atoms with Crippen LogP contribution in [0.2, 0.25) is 5.02 Å². The first-order chi connectivity index (χ1) is 14.4. The van der Waals surface area contributed by atoms with E-state index in [0.29, 0.717) is 17.4 Å². The molecule has 0 aliphatic carbocycles. The Labute approximate surface area is 181 Å². The van der Waals surface area contributed by atoms with Crippen LogP contribution < -0.4 is 9.62 Å². The second-order valence-corrected chi connectivity index (χ2v) is 9.43. The van der Waals surface area contributed by atoms with Crippen molar-refractivity contribution in [2.75, 3.05) is 31.2 Å². The van der Waals surface area contributed by atoms with Crippen molar-refractivity contribution in [1.82, 2.24) is 14.3 Å². The zero-order valence-corrected chi connectivity index (χ0v) is 18.6. The van der Waals surface area contributed by atoms with Gasteiger partial charge in [-0.1, -0.05) is 11.6 Å². The van der Waals surface area contributed by atoms with E-state index < -0.39 is 16.1 Å². The number of aromatic nitrogens is 2. The van der Waals surface area contributed by atoms with E-state index in [4.69, 9.17) is 21.3 Å². The molecule has 160 valence electrons. The minimum atomic E-state index is -3.70. The number of benzene rings is 2. The van der Waals surface area contributed by atoms with Crippen molar-refractivity contribution in [2.45, 2.75) is 31.3 Å². The lowest BCUT2D eigenvalue weighted by Gasteiger charge is -2.28. The SMILES string of the molecule is CCn1c([C@@H](C)NS(=O)(=O)c2ccc(Cl)cc2)nc2cc(N3CCOCC3)ccc21. The molecule has 2 aromatic carbocycles. The van der Waals surface area contributed by atoms with E-state index in [0.717, 1.165) is 43.0 Å². The third-order valence-electron chi connectivity index (χ3n) is 5.30. The maximum atomic E-state index is 12.8. The Bertz CT molecular complexity index is 1140. The molecule has 0 bridgehead atoms. The second kappa shape index (κ2) is 8.55. The van der Waals surface area contributed by atoms with Crippen LogP contribution in [-0.2, 0) is 21.3 Å². The maximum absolute atomic E-state index is 12.8. The van der Waals surface area contributed by atoms with E-state index in [1.807, 2.05) is 18.4 Å². The van der Waals surface area contributed by atoms with Gasteiger partial charge in [-0.15, -0.1) is 0 Å². The molecule has 0 amide bonds. The fourth-order valence-corrected chi connectivity index (χ4v) is 5.11. The highest BCUT2D eigenvalue weighted by Gasteiger charge is 2.23. The smallest absolute Gasteiger partial charge is 0.241 e. The Morgan fingerprint density at radius 3 is 2.53 bits per heavy atom. The van der Waals surface area contributed by atoms with Gasteiger partial charge in [-0.25, -0.2) is 18.1 Å². The number of rotatable bonds is 6. The van der Waals surface area contributed by atoms with Crippen molar-refractivity contribution in [1.29, 1.82) is 0 Å². The average molecular weight is 449 g/mol. The van der Waals surface area contributed by atoms with Crippen LogP contribution in [0.25, 0.3) is 11.0 Å². The monoisotopic (exact) mass is 448 g/mol. The Morgan fingerprint density at radius 1 is 1.17 bits per heavy atom. The number of morpholine rings is 1. The third kappa shape index (κ3) is 4.18. The zero-order valence-electron chi connectivity index (χ0n) is 17.0. The van der Waals surface area contributed by atoms with Gasteiger partial charge in [-0.3, -0.25) is 0 Å². The lowest BCUT2D eigenvalue weighted by Crippen LogP contribution is -2.36. The molecule has 4 rings (SSSR count). The molecular formula is C21H25ClN4O3S. The molecule has 1 N–H and O–H groups in total. The van der Waals surface area contributed by atoms with E-state index in [-0.39, 0.29) is 4.90 Å². The van der Waals surface area contributed by atoms with Gasteiger partial charge in [-0.05, 0) is 56.3 Å². The normalized spacial score (nSPS) is 16.2. The van der Waals surface area contributed by atoms with Crippen LogP contribution in [0.15, 0.2) is 47.4 Å². The molecule has 1 atom stereocenters. The van der Waals surface area contributed by atoms with E-state index in [2.05, 4.69) is 27.8 Å². The highest BCUT2D eigenvalue weighted by molar-refractivity contribution is 7.89. The molecule has 1 saturated heterocycles. The van der Waals surface area contributed by atoms with Crippen LogP contribution in [0.5, 0.6) is 0 Å². The van der Waals surface area contributed by atoms with Crippen LogP contribution in [0, 0.1) is 0 Å². The summed E-state index contributed by atoms with van der Waals surface area (Å²) in [6.07, 6.45) is 0. The molecular weight excluding hydrogens is 424 g/mol.